The van der Waals surface area contributed by atoms with Gasteiger partial charge in [-0.05, 0) is 83.0 Å². The third kappa shape index (κ3) is 17.1. The number of carbonyl (C=O) groups excluding carboxylic acids is 2. The Morgan fingerprint density at radius 1 is 0.538 bits per heavy atom. The summed E-state index contributed by atoms with van der Waals surface area (Å²) in [6.45, 7) is 5.39. The van der Waals surface area contributed by atoms with Crippen LogP contribution < -0.4 is 4.74 Å². The summed E-state index contributed by atoms with van der Waals surface area (Å²) in [5.41, 5.74) is 0. The summed E-state index contributed by atoms with van der Waals surface area (Å²) in [6.07, 6.45) is 14.0. The molecule has 0 N–H and O–H groups in total. The average molecular weight is 611 g/mol. The monoisotopic (exact) mass is 610 g/mol. The van der Waals surface area contributed by atoms with E-state index in [1.807, 2.05) is 48.5 Å². The van der Waals surface area contributed by atoms with Gasteiger partial charge in [-0.1, -0.05) is 78.1 Å². The molecule has 9 heteroatoms. The second-order valence-corrected chi connectivity index (χ2v) is 13.4. The summed E-state index contributed by atoms with van der Waals surface area (Å²) in [5.74, 6) is 1.42. The predicted octanol–water partition coefficient (Wildman–Crippen LogP) is 12.0. The van der Waals surface area contributed by atoms with Gasteiger partial charge in [0.2, 0.25) is 0 Å². The zero-order chi connectivity index (χ0) is 28.0. The van der Waals surface area contributed by atoms with E-state index in [-0.39, 0.29) is 10.6 Å². The maximum absolute atomic E-state index is 11.9. The molecule has 0 atom stereocenters. The summed E-state index contributed by atoms with van der Waals surface area (Å²) < 4.78 is 16.5. The maximum atomic E-state index is 11.9. The Morgan fingerprint density at radius 3 is 1.28 bits per heavy atom. The van der Waals surface area contributed by atoms with Crippen LogP contribution in [0.25, 0.3) is 0 Å². The zero-order valence-electron chi connectivity index (χ0n) is 23.2. The van der Waals surface area contributed by atoms with Crippen molar-refractivity contribution >= 4 is 53.8 Å². The van der Waals surface area contributed by atoms with Crippen LogP contribution in [0.1, 0.15) is 90.9 Å². The van der Waals surface area contributed by atoms with Crippen molar-refractivity contribution in [2.45, 2.75) is 101 Å². The van der Waals surface area contributed by atoms with Crippen molar-refractivity contribution in [1.82, 2.24) is 0 Å². The van der Waals surface area contributed by atoms with Crippen LogP contribution in [0.5, 0.6) is 11.5 Å². The van der Waals surface area contributed by atoms with E-state index in [1.165, 1.54) is 73.0 Å². The van der Waals surface area contributed by atoms with Crippen LogP contribution in [0.15, 0.2) is 58.3 Å². The molecule has 0 amide bonds. The van der Waals surface area contributed by atoms with Gasteiger partial charge in [0.15, 0.2) is 0 Å². The van der Waals surface area contributed by atoms with Crippen molar-refractivity contribution in [2.75, 3.05) is 13.2 Å². The molecule has 0 aromatic heterocycles. The fraction of sp³-hybridized carbons (Fsp3) is 0.533. The Labute approximate surface area is 250 Å². The molecule has 0 heterocycles. The van der Waals surface area contributed by atoms with Crippen LogP contribution in [0, 0.1) is 0 Å². The van der Waals surface area contributed by atoms with Crippen LogP contribution >= 0.6 is 43.2 Å². The maximum Gasteiger partial charge on any atom is 0.378 e. The Morgan fingerprint density at radius 2 is 0.897 bits per heavy atom. The van der Waals surface area contributed by atoms with Gasteiger partial charge in [-0.15, -0.1) is 0 Å². The van der Waals surface area contributed by atoms with E-state index in [1.54, 1.807) is 0 Å². The molecule has 0 spiro atoms. The molecule has 0 aliphatic carbocycles. The van der Waals surface area contributed by atoms with E-state index < -0.39 is 0 Å². The first-order valence-electron chi connectivity index (χ1n) is 14.0. The van der Waals surface area contributed by atoms with Crippen LogP contribution in [-0.4, -0.2) is 23.8 Å². The lowest BCUT2D eigenvalue weighted by atomic mass is 10.1. The second-order valence-electron chi connectivity index (χ2n) is 9.11. The summed E-state index contributed by atoms with van der Waals surface area (Å²) >= 11 is 0. The second kappa shape index (κ2) is 22.3. The first-order valence-corrected chi connectivity index (χ1v) is 18.3. The third-order valence-corrected chi connectivity index (χ3v) is 9.81. The summed E-state index contributed by atoms with van der Waals surface area (Å²) in [4.78, 5) is 25.8. The minimum atomic E-state index is -0.254. The molecule has 2 aromatic rings. The molecule has 0 aliphatic rings. The quantitative estimate of drug-likeness (QED) is 0.0827. The Hall–Kier alpha value is -1.42. The van der Waals surface area contributed by atoms with Crippen LogP contribution in [0.4, 0.5) is 9.59 Å². The van der Waals surface area contributed by atoms with E-state index in [2.05, 4.69) is 13.8 Å². The topological polar surface area (TPSA) is 61.8 Å². The number of carbonyl (C=O) groups is 2. The van der Waals surface area contributed by atoms with Gasteiger partial charge in [-0.3, -0.25) is 0 Å². The highest BCUT2D eigenvalue weighted by molar-refractivity contribution is 8.82. The molecule has 5 nitrogen and oxygen atoms in total. The van der Waals surface area contributed by atoms with Gasteiger partial charge in [0.05, 0.1) is 13.2 Å². The van der Waals surface area contributed by atoms with Gasteiger partial charge in [0.25, 0.3) is 0 Å². The smallest absolute Gasteiger partial charge is 0.378 e. The largest absolute Gasteiger partial charge is 0.457 e. The highest BCUT2D eigenvalue weighted by Crippen LogP contribution is 2.36. The average Bonchev–Trinajstić information content (AvgIpc) is 2.95. The number of benzene rings is 2. The van der Waals surface area contributed by atoms with Crippen molar-refractivity contribution < 1.29 is 23.8 Å². The molecule has 2 rings (SSSR count). The minimum Gasteiger partial charge on any atom is -0.457 e. The molecule has 0 saturated heterocycles. The van der Waals surface area contributed by atoms with Crippen LogP contribution in [-0.2, 0) is 9.47 Å². The van der Waals surface area contributed by atoms with Crippen molar-refractivity contribution in [1.29, 1.82) is 0 Å². The lowest BCUT2D eigenvalue weighted by molar-refractivity contribution is 0.172. The fourth-order valence-corrected chi connectivity index (χ4v) is 6.58. The Balaban J connectivity index is 1.59. The highest BCUT2D eigenvalue weighted by Gasteiger charge is 2.08. The molecule has 2 aromatic carbocycles. The zero-order valence-corrected chi connectivity index (χ0v) is 26.5. The molecule has 39 heavy (non-hydrogen) atoms. The molecule has 216 valence electrons. The lowest BCUT2D eigenvalue weighted by Gasteiger charge is -2.08. The fourth-order valence-electron chi connectivity index (χ4n) is 3.55. The van der Waals surface area contributed by atoms with Crippen molar-refractivity contribution in [3.63, 3.8) is 0 Å². The lowest BCUT2D eigenvalue weighted by Crippen LogP contribution is -1.98. The van der Waals surface area contributed by atoms with Crippen molar-refractivity contribution in [2.24, 2.45) is 0 Å². The van der Waals surface area contributed by atoms with E-state index in [4.69, 9.17) is 14.2 Å². The third-order valence-electron chi connectivity index (χ3n) is 5.73. The molecule has 0 unspecified atom stereocenters. The normalized spacial score (nSPS) is 10.8. The van der Waals surface area contributed by atoms with Gasteiger partial charge < -0.3 is 14.2 Å². The standard InChI is InChI=1S/C30H42O5S4/c1-3-5-7-9-11-13-23-33-29(31)38-36-27-19-15-25(16-20-27)35-26-17-21-28(22-18-26)37-39-30(32)34-24-14-12-10-8-6-4-2/h15-22H,3-14,23-24H2,1-2H3. The molecule has 0 fully saturated rings. The minimum absolute atomic E-state index is 0.254. The Kier molecular flexibility index (Phi) is 19.3. The molecule has 0 bridgehead atoms. The van der Waals surface area contributed by atoms with Gasteiger partial charge in [0.1, 0.15) is 11.5 Å². The Bertz CT molecular complexity index is 846. The number of unbranched alkanes of at least 4 members (excludes halogenated alkanes) is 10. The van der Waals surface area contributed by atoms with Crippen LogP contribution in [0.2, 0.25) is 0 Å². The number of hydrogen-bond acceptors (Lipinski definition) is 9. The molecular formula is C30H42O5S4. The number of hydrogen-bond donors (Lipinski definition) is 0. The SMILES string of the molecule is CCCCCCCCOC(=O)SSc1ccc(Oc2ccc(SSC(=O)OCCCCCCCC)cc2)cc1. The van der Waals surface area contributed by atoms with E-state index >= 15 is 0 Å². The van der Waals surface area contributed by atoms with Gasteiger partial charge >= 0.3 is 10.6 Å². The van der Waals surface area contributed by atoms with E-state index in [0.717, 1.165) is 57.1 Å². The highest BCUT2D eigenvalue weighted by atomic mass is 33.1. The van der Waals surface area contributed by atoms with Gasteiger partial charge in [0, 0.05) is 31.4 Å². The number of rotatable bonds is 20. The number of ether oxygens (including phenoxy) is 3. The van der Waals surface area contributed by atoms with E-state index in [9.17, 15) is 9.59 Å². The first kappa shape index (κ1) is 33.8. The van der Waals surface area contributed by atoms with Gasteiger partial charge in [-0.25, -0.2) is 9.59 Å². The molecule has 0 saturated carbocycles. The van der Waals surface area contributed by atoms with Crippen molar-refractivity contribution in [3.8, 4) is 11.5 Å². The molecular weight excluding hydrogens is 569 g/mol. The van der Waals surface area contributed by atoms with Gasteiger partial charge in [-0.2, -0.15) is 0 Å². The first-order chi connectivity index (χ1) is 19.1. The summed E-state index contributed by atoms with van der Waals surface area (Å²) in [6, 6.07) is 15.2. The summed E-state index contributed by atoms with van der Waals surface area (Å²) in [5, 5.41) is -0.507. The van der Waals surface area contributed by atoms with Crippen molar-refractivity contribution in [3.05, 3.63) is 48.5 Å². The molecule has 0 aliphatic heterocycles. The molecule has 0 radical (unpaired) electrons. The predicted molar refractivity (Wildman–Crippen MR) is 169 cm³/mol. The summed E-state index contributed by atoms with van der Waals surface area (Å²) in [7, 11) is 4.97. The van der Waals surface area contributed by atoms with Crippen LogP contribution in [0.3, 0.4) is 0 Å². The van der Waals surface area contributed by atoms with E-state index in [0.29, 0.717) is 24.7 Å².